The maximum absolute atomic E-state index is 4.49. The molecular weight excluding hydrogens is 349 g/mol. The molecule has 2 saturated carbocycles. The minimum absolute atomic E-state index is 0. The molecule has 19 heavy (non-hydrogen) atoms. The predicted octanol–water partition coefficient (Wildman–Crippen LogP) is 3.10. The van der Waals surface area contributed by atoms with Crippen LogP contribution < -0.4 is 5.32 Å². The maximum Gasteiger partial charge on any atom is 0.193 e. The number of halogens is 1. The Morgan fingerprint density at radius 3 is 2.16 bits per heavy atom. The molecule has 3 nitrogen and oxygen atoms in total. The normalized spacial score (nSPS) is 31.4. The SMILES string of the molecule is CN=C(NCC1CCC1)N1CC2CCCCC2C1.I. The number of aliphatic imine (C=N–C) groups is 1. The summed E-state index contributed by atoms with van der Waals surface area (Å²) < 4.78 is 0. The molecule has 0 spiro atoms. The molecule has 1 heterocycles. The summed E-state index contributed by atoms with van der Waals surface area (Å²) in [5.74, 6) is 3.96. The first-order valence-electron chi connectivity index (χ1n) is 7.82. The lowest BCUT2D eigenvalue weighted by molar-refractivity contribution is 0.299. The molecule has 3 aliphatic rings. The van der Waals surface area contributed by atoms with Gasteiger partial charge in [-0.25, -0.2) is 0 Å². The van der Waals surface area contributed by atoms with Crippen molar-refractivity contribution in [3.63, 3.8) is 0 Å². The van der Waals surface area contributed by atoms with E-state index >= 15 is 0 Å². The number of rotatable bonds is 2. The lowest BCUT2D eigenvalue weighted by atomic mass is 9.82. The second kappa shape index (κ2) is 7.14. The summed E-state index contributed by atoms with van der Waals surface area (Å²) in [5, 5.41) is 3.60. The van der Waals surface area contributed by atoms with Crippen molar-refractivity contribution in [1.82, 2.24) is 10.2 Å². The Hall–Kier alpha value is 0. The highest BCUT2D eigenvalue weighted by molar-refractivity contribution is 14.0. The van der Waals surface area contributed by atoms with Crippen LogP contribution in [0.25, 0.3) is 0 Å². The van der Waals surface area contributed by atoms with Crippen LogP contribution in [0.3, 0.4) is 0 Å². The van der Waals surface area contributed by atoms with Gasteiger partial charge < -0.3 is 10.2 Å². The van der Waals surface area contributed by atoms with Crippen LogP contribution in [0.5, 0.6) is 0 Å². The second-order valence-corrected chi connectivity index (χ2v) is 6.43. The van der Waals surface area contributed by atoms with E-state index in [1.165, 1.54) is 58.0 Å². The fourth-order valence-electron chi connectivity index (χ4n) is 3.84. The quantitative estimate of drug-likeness (QED) is 0.455. The molecule has 3 rings (SSSR count). The Balaban J connectivity index is 0.00000133. The van der Waals surface area contributed by atoms with Crippen LogP contribution in [0.2, 0.25) is 0 Å². The Morgan fingerprint density at radius 1 is 1.05 bits per heavy atom. The summed E-state index contributed by atoms with van der Waals surface area (Å²) >= 11 is 0. The second-order valence-electron chi connectivity index (χ2n) is 6.43. The molecule has 2 atom stereocenters. The highest BCUT2D eigenvalue weighted by atomic mass is 127. The van der Waals surface area contributed by atoms with Crippen molar-refractivity contribution in [2.45, 2.75) is 44.9 Å². The van der Waals surface area contributed by atoms with Gasteiger partial charge in [0.05, 0.1) is 0 Å². The van der Waals surface area contributed by atoms with Crippen LogP contribution in [0.1, 0.15) is 44.9 Å². The third kappa shape index (κ3) is 3.56. The predicted molar refractivity (Wildman–Crippen MR) is 91.1 cm³/mol. The molecule has 110 valence electrons. The lowest BCUT2D eigenvalue weighted by Crippen LogP contribution is -2.43. The number of guanidine groups is 1. The highest BCUT2D eigenvalue weighted by Gasteiger charge is 2.35. The van der Waals surface area contributed by atoms with E-state index < -0.39 is 0 Å². The van der Waals surface area contributed by atoms with Gasteiger partial charge in [0.15, 0.2) is 5.96 Å². The standard InChI is InChI=1S/C15H27N3.HI/c1-16-15(17-9-12-5-4-6-12)18-10-13-7-2-3-8-14(13)11-18;/h12-14H,2-11H2,1H3,(H,16,17);1H. The van der Waals surface area contributed by atoms with Gasteiger partial charge in [0, 0.05) is 26.7 Å². The van der Waals surface area contributed by atoms with Gasteiger partial charge in [0.2, 0.25) is 0 Å². The first kappa shape index (κ1) is 15.4. The van der Waals surface area contributed by atoms with E-state index in [-0.39, 0.29) is 24.0 Å². The molecular formula is C15H28IN3. The molecule has 1 saturated heterocycles. The highest BCUT2D eigenvalue weighted by Crippen LogP contribution is 2.36. The number of nitrogens with one attached hydrogen (secondary N) is 1. The Bertz CT molecular complexity index is 301. The average molecular weight is 377 g/mol. The number of likely N-dealkylation sites (tertiary alicyclic amines) is 1. The third-order valence-corrected chi connectivity index (χ3v) is 5.26. The van der Waals surface area contributed by atoms with E-state index in [4.69, 9.17) is 0 Å². The van der Waals surface area contributed by atoms with E-state index in [1.807, 2.05) is 7.05 Å². The van der Waals surface area contributed by atoms with E-state index in [0.29, 0.717) is 0 Å². The van der Waals surface area contributed by atoms with Crippen molar-refractivity contribution in [2.24, 2.45) is 22.7 Å². The van der Waals surface area contributed by atoms with Crippen LogP contribution in [0.15, 0.2) is 4.99 Å². The molecule has 2 unspecified atom stereocenters. The molecule has 0 radical (unpaired) electrons. The zero-order valence-electron chi connectivity index (χ0n) is 12.1. The lowest BCUT2D eigenvalue weighted by Gasteiger charge is -2.28. The van der Waals surface area contributed by atoms with Crippen LogP contribution in [0, 0.1) is 17.8 Å². The molecule has 1 N–H and O–H groups in total. The van der Waals surface area contributed by atoms with Gasteiger partial charge in [-0.15, -0.1) is 24.0 Å². The van der Waals surface area contributed by atoms with E-state index in [1.54, 1.807) is 0 Å². The summed E-state index contributed by atoms with van der Waals surface area (Å²) in [6, 6.07) is 0. The molecule has 3 fully saturated rings. The molecule has 0 aromatic heterocycles. The number of fused-ring (bicyclic) bond motifs is 1. The van der Waals surface area contributed by atoms with Crippen molar-refractivity contribution >= 4 is 29.9 Å². The number of nitrogens with zero attached hydrogens (tertiary/aromatic N) is 2. The van der Waals surface area contributed by atoms with Crippen LogP contribution >= 0.6 is 24.0 Å². The fourth-order valence-corrected chi connectivity index (χ4v) is 3.84. The topological polar surface area (TPSA) is 27.6 Å². The summed E-state index contributed by atoms with van der Waals surface area (Å²) in [7, 11) is 1.94. The Kier molecular flexibility index (Phi) is 5.78. The minimum atomic E-state index is 0. The van der Waals surface area contributed by atoms with Gasteiger partial charge in [0.1, 0.15) is 0 Å². The van der Waals surface area contributed by atoms with E-state index in [9.17, 15) is 0 Å². The Labute approximate surface area is 134 Å². The molecule has 0 aromatic carbocycles. The van der Waals surface area contributed by atoms with Crippen LogP contribution in [-0.4, -0.2) is 37.5 Å². The zero-order valence-corrected chi connectivity index (χ0v) is 14.4. The Morgan fingerprint density at radius 2 is 1.68 bits per heavy atom. The van der Waals surface area contributed by atoms with Crippen molar-refractivity contribution in [3.05, 3.63) is 0 Å². The van der Waals surface area contributed by atoms with Gasteiger partial charge in [-0.1, -0.05) is 19.3 Å². The van der Waals surface area contributed by atoms with Crippen LogP contribution in [-0.2, 0) is 0 Å². The van der Waals surface area contributed by atoms with Crippen molar-refractivity contribution in [1.29, 1.82) is 0 Å². The van der Waals surface area contributed by atoms with Gasteiger partial charge >= 0.3 is 0 Å². The van der Waals surface area contributed by atoms with Crippen molar-refractivity contribution in [3.8, 4) is 0 Å². The largest absolute Gasteiger partial charge is 0.356 e. The van der Waals surface area contributed by atoms with Gasteiger partial charge in [0.25, 0.3) is 0 Å². The summed E-state index contributed by atoms with van der Waals surface area (Å²) in [4.78, 5) is 7.00. The van der Waals surface area contributed by atoms with Gasteiger partial charge in [-0.2, -0.15) is 0 Å². The third-order valence-electron chi connectivity index (χ3n) is 5.26. The summed E-state index contributed by atoms with van der Waals surface area (Å²) in [6.45, 7) is 3.63. The van der Waals surface area contributed by atoms with Gasteiger partial charge in [-0.3, -0.25) is 4.99 Å². The zero-order chi connectivity index (χ0) is 12.4. The number of hydrogen-bond acceptors (Lipinski definition) is 1. The minimum Gasteiger partial charge on any atom is -0.356 e. The summed E-state index contributed by atoms with van der Waals surface area (Å²) in [5.41, 5.74) is 0. The number of hydrogen-bond donors (Lipinski definition) is 1. The van der Waals surface area contributed by atoms with Gasteiger partial charge in [-0.05, 0) is 43.4 Å². The van der Waals surface area contributed by atoms with Crippen LogP contribution in [0.4, 0.5) is 0 Å². The molecule has 0 aromatic rings. The molecule has 0 amide bonds. The maximum atomic E-state index is 4.49. The summed E-state index contributed by atoms with van der Waals surface area (Å²) in [6.07, 6.45) is 10.0. The first-order valence-corrected chi connectivity index (χ1v) is 7.82. The van der Waals surface area contributed by atoms with E-state index in [0.717, 1.165) is 30.3 Å². The molecule has 1 aliphatic heterocycles. The molecule has 0 bridgehead atoms. The smallest absolute Gasteiger partial charge is 0.193 e. The van der Waals surface area contributed by atoms with Crippen molar-refractivity contribution < 1.29 is 0 Å². The van der Waals surface area contributed by atoms with Crippen molar-refractivity contribution in [2.75, 3.05) is 26.7 Å². The average Bonchev–Trinajstić information content (AvgIpc) is 2.75. The molecule has 2 aliphatic carbocycles. The fraction of sp³-hybridized carbons (Fsp3) is 0.933. The molecule has 4 heteroatoms. The first-order chi connectivity index (χ1) is 8.86. The van der Waals surface area contributed by atoms with E-state index in [2.05, 4.69) is 15.2 Å². The monoisotopic (exact) mass is 377 g/mol.